The lowest BCUT2D eigenvalue weighted by atomic mass is 10.1. The van der Waals surface area contributed by atoms with E-state index in [0.717, 1.165) is 17.8 Å². The van der Waals surface area contributed by atoms with Crippen LogP contribution in [-0.2, 0) is 6.54 Å². The minimum Gasteiger partial charge on any atom is -0.346 e. The van der Waals surface area contributed by atoms with Gasteiger partial charge in [-0.05, 0) is 49.4 Å². The first kappa shape index (κ1) is 18.7. The van der Waals surface area contributed by atoms with Gasteiger partial charge in [0.15, 0.2) is 22.5 Å². The number of carbonyl (C=O) groups excluding carboxylic acids is 2. The van der Waals surface area contributed by atoms with E-state index in [9.17, 15) is 18.4 Å². The van der Waals surface area contributed by atoms with Crippen molar-refractivity contribution < 1.29 is 18.4 Å². The van der Waals surface area contributed by atoms with Gasteiger partial charge in [0.1, 0.15) is 0 Å². The highest BCUT2D eigenvalue weighted by Crippen LogP contribution is 2.21. The second kappa shape index (κ2) is 8.05. The quantitative estimate of drug-likeness (QED) is 0.619. The van der Waals surface area contributed by atoms with Gasteiger partial charge in [-0.15, -0.1) is 11.3 Å². The highest BCUT2D eigenvalue weighted by Gasteiger charge is 2.10. The van der Waals surface area contributed by atoms with Gasteiger partial charge in [-0.25, -0.2) is 13.8 Å². The third kappa shape index (κ3) is 4.73. The second-order valence-electron chi connectivity index (χ2n) is 5.71. The second-order valence-corrected chi connectivity index (χ2v) is 6.57. The summed E-state index contributed by atoms with van der Waals surface area (Å²) in [6.07, 6.45) is 0. The third-order valence-corrected chi connectivity index (χ3v) is 4.51. The molecule has 0 aliphatic rings. The Kier molecular flexibility index (Phi) is 5.56. The Morgan fingerprint density at radius 3 is 2.41 bits per heavy atom. The maximum absolute atomic E-state index is 13.2. The van der Waals surface area contributed by atoms with Gasteiger partial charge < -0.3 is 10.6 Å². The smallest absolute Gasteiger partial charge is 0.251 e. The van der Waals surface area contributed by atoms with Crippen molar-refractivity contribution in [3.63, 3.8) is 0 Å². The van der Waals surface area contributed by atoms with Crippen LogP contribution in [0.1, 0.15) is 33.3 Å². The van der Waals surface area contributed by atoms with E-state index in [1.54, 1.807) is 29.6 Å². The lowest BCUT2D eigenvalue weighted by Gasteiger charge is -2.04. The SMILES string of the molecule is CC(=O)c1ccc(Nc2nc(CNC(=O)c3ccc(F)c(F)c3)cs2)cc1. The molecular weight excluding hydrogens is 372 g/mol. The fourth-order valence-electron chi connectivity index (χ4n) is 2.27. The number of hydrogen-bond donors (Lipinski definition) is 2. The highest BCUT2D eigenvalue weighted by atomic mass is 32.1. The molecule has 0 aliphatic carbocycles. The molecule has 0 bridgehead atoms. The standard InChI is InChI=1S/C19H15F2N3O2S/c1-11(25)12-2-5-14(6-3-12)23-19-24-15(10-27-19)9-22-18(26)13-4-7-16(20)17(21)8-13/h2-8,10H,9H2,1H3,(H,22,26)(H,23,24). The Bertz CT molecular complexity index is 987. The number of Topliss-reactive ketones (excluding diaryl/α,β-unsaturated/α-hetero) is 1. The van der Waals surface area contributed by atoms with Gasteiger partial charge >= 0.3 is 0 Å². The van der Waals surface area contributed by atoms with Crippen LogP contribution in [0.2, 0.25) is 0 Å². The van der Waals surface area contributed by atoms with Gasteiger partial charge in [0, 0.05) is 22.2 Å². The number of nitrogens with zero attached hydrogens (tertiary/aromatic N) is 1. The van der Waals surface area contributed by atoms with Crippen LogP contribution in [0.5, 0.6) is 0 Å². The normalized spacial score (nSPS) is 10.5. The van der Waals surface area contributed by atoms with E-state index in [1.165, 1.54) is 24.3 Å². The molecule has 8 heteroatoms. The average molecular weight is 387 g/mol. The van der Waals surface area contributed by atoms with Crippen molar-refractivity contribution in [3.8, 4) is 0 Å². The van der Waals surface area contributed by atoms with Crippen LogP contribution >= 0.6 is 11.3 Å². The van der Waals surface area contributed by atoms with E-state index in [4.69, 9.17) is 0 Å². The number of carbonyl (C=O) groups is 2. The van der Waals surface area contributed by atoms with Crippen LogP contribution in [0.3, 0.4) is 0 Å². The summed E-state index contributed by atoms with van der Waals surface area (Å²) in [6.45, 7) is 1.66. The number of aromatic nitrogens is 1. The summed E-state index contributed by atoms with van der Waals surface area (Å²) in [4.78, 5) is 27.6. The van der Waals surface area contributed by atoms with Crippen molar-refractivity contribution in [2.45, 2.75) is 13.5 Å². The Hall–Kier alpha value is -3.13. The van der Waals surface area contributed by atoms with Crippen LogP contribution < -0.4 is 10.6 Å². The van der Waals surface area contributed by atoms with Crippen LogP contribution in [-0.4, -0.2) is 16.7 Å². The van der Waals surface area contributed by atoms with Gasteiger partial charge in [0.2, 0.25) is 0 Å². The summed E-state index contributed by atoms with van der Waals surface area (Å²) in [6, 6.07) is 9.98. The molecular formula is C19H15F2N3O2S. The number of amides is 1. The summed E-state index contributed by atoms with van der Waals surface area (Å²) >= 11 is 1.36. The predicted octanol–water partition coefficient (Wildman–Crippen LogP) is 4.30. The van der Waals surface area contributed by atoms with Gasteiger partial charge in [-0.1, -0.05) is 0 Å². The van der Waals surface area contributed by atoms with Crippen molar-refractivity contribution in [1.82, 2.24) is 10.3 Å². The topological polar surface area (TPSA) is 71.1 Å². The van der Waals surface area contributed by atoms with Crippen molar-refractivity contribution in [2.75, 3.05) is 5.32 Å². The zero-order chi connectivity index (χ0) is 19.4. The Morgan fingerprint density at radius 2 is 1.74 bits per heavy atom. The number of ketones is 1. The summed E-state index contributed by atoms with van der Waals surface area (Å²) < 4.78 is 26.1. The molecule has 0 saturated carbocycles. The third-order valence-electron chi connectivity index (χ3n) is 3.71. The number of benzene rings is 2. The van der Waals surface area contributed by atoms with E-state index in [0.29, 0.717) is 16.4 Å². The fourth-order valence-corrected chi connectivity index (χ4v) is 3.00. The molecule has 0 radical (unpaired) electrons. The molecule has 1 aromatic heterocycles. The van der Waals surface area contributed by atoms with Crippen molar-refractivity contribution in [2.24, 2.45) is 0 Å². The lowest BCUT2D eigenvalue weighted by molar-refractivity contribution is 0.0949. The maximum Gasteiger partial charge on any atom is 0.251 e. The van der Waals surface area contributed by atoms with E-state index < -0.39 is 17.5 Å². The van der Waals surface area contributed by atoms with Crippen LogP contribution in [0, 0.1) is 11.6 Å². The summed E-state index contributed by atoms with van der Waals surface area (Å²) in [5.74, 6) is -2.59. The summed E-state index contributed by atoms with van der Waals surface area (Å²) in [5.41, 5.74) is 2.07. The minimum absolute atomic E-state index is 0.00476. The molecule has 0 aliphatic heterocycles. The molecule has 0 spiro atoms. The number of hydrogen-bond acceptors (Lipinski definition) is 5. The summed E-state index contributed by atoms with van der Waals surface area (Å²) in [7, 11) is 0. The van der Waals surface area contributed by atoms with E-state index in [-0.39, 0.29) is 17.9 Å². The first-order valence-electron chi connectivity index (χ1n) is 7.98. The predicted molar refractivity (Wildman–Crippen MR) is 99.4 cm³/mol. The van der Waals surface area contributed by atoms with Gasteiger partial charge in [-0.3, -0.25) is 9.59 Å². The number of halogens is 2. The Labute approximate surface area is 158 Å². The maximum atomic E-state index is 13.2. The molecule has 1 heterocycles. The van der Waals surface area contributed by atoms with Crippen LogP contribution in [0.25, 0.3) is 0 Å². The number of rotatable bonds is 6. The van der Waals surface area contributed by atoms with Crippen LogP contribution in [0.15, 0.2) is 47.8 Å². The lowest BCUT2D eigenvalue weighted by Crippen LogP contribution is -2.23. The Balaban J connectivity index is 1.58. The van der Waals surface area contributed by atoms with Crippen molar-refractivity contribution >= 4 is 33.8 Å². The number of nitrogens with one attached hydrogen (secondary N) is 2. The molecule has 1 amide bonds. The zero-order valence-electron chi connectivity index (χ0n) is 14.3. The van der Waals surface area contributed by atoms with Gasteiger partial charge in [0.25, 0.3) is 5.91 Å². The summed E-state index contributed by atoms with van der Waals surface area (Å²) in [5, 5.41) is 8.13. The van der Waals surface area contributed by atoms with Gasteiger partial charge in [-0.2, -0.15) is 0 Å². The zero-order valence-corrected chi connectivity index (χ0v) is 15.1. The Morgan fingerprint density at radius 1 is 1.04 bits per heavy atom. The van der Waals surface area contributed by atoms with E-state index in [1.807, 2.05) is 0 Å². The molecule has 27 heavy (non-hydrogen) atoms. The fraction of sp³-hybridized carbons (Fsp3) is 0.105. The van der Waals surface area contributed by atoms with Crippen LogP contribution in [0.4, 0.5) is 19.6 Å². The monoisotopic (exact) mass is 387 g/mol. The first-order valence-corrected chi connectivity index (χ1v) is 8.86. The van der Waals surface area contributed by atoms with Crippen molar-refractivity contribution in [1.29, 1.82) is 0 Å². The molecule has 0 atom stereocenters. The molecule has 0 fully saturated rings. The number of thiazole rings is 1. The molecule has 0 unspecified atom stereocenters. The molecule has 5 nitrogen and oxygen atoms in total. The molecule has 3 rings (SSSR count). The van der Waals surface area contributed by atoms with Crippen molar-refractivity contribution in [3.05, 3.63) is 76.3 Å². The largest absolute Gasteiger partial charge is 0.346 e. The van der Waals surface area contributed by atoms with Gasteiger partial charge in [0.05, 0.1) is 12.2 Å². The van der Waals surface area contributed by atoms with E-state index >= 15 is 0 Å². The molecule has 3 aromatic rings. The minimum atomic E-state index is -1.07. The molecule has 2 N–H and O–H groups in total. The average Bonchev–Trinajstić information content (AvgIpc) is 3.10. The highest BCUT2D eigenvalue weighted by molar-refractivity contribution is 7.13. The first-order chi connectivity index (χ1) is 12.9. The molecule has 2 aromatic carbocycles. The molecule has 138 valence electrons. The number of anilines is 2. The van der Waals surface area contributed by atoms with E-state index in [2.05, 4.69) is 15.6 Å². The molecule has 0 saturated heterocycles.